The summed E-state index contributed by atoms with van der Waals surface area (Å²) in [6.45, 7) is 9.34. The van der Waals surface area contributed by atoms with Gasteiger partial charge in [0.05, 0.1) is 13.7 Å². The van der Waals surface area contributed by atoms with E-state index in [-0.39, 0.29) is 36.2 Å². The molecule has 2 heterocycles. The first kappa shape index (κ1) is 24.2. The lowest BCUT2D eigenvalue weighted by atomic mass is 10.1. The maximum Gasteiger partial charge on any atom is 0.248 e. The minimum Gasteiger partial charge on any atom is -0.496 e. The fourth-order valence-electron chi connectivity index (χ4n) is 4.30. The molecule has 0 saturated carbocycles. The van der Waals surface area contributed by atoms with Gasteiger partial charge in [-0.05, 0) is 51.4 Å². The Morgan fingerprint density at radius 1 is 1.12 bits per heavy atom. The summed E-state index contributed by atoms with van der Waals surface area (Å²) < 4.78 is 37.7. The van der Waals surface area contributed by atoms with Crippen molar-refractivity contribution in [3.63, 3.8) is 0 Å². The molecule has 1 amide bonds. The number of hydrogen-bond donors (Lipinski definition) is 0. The van der Waals surface area contributed by atoms with E-state index >= 15 is 0 Å². The van der Waals surface area contributed by atoms with Gasteiger partial charge in [0.2, 0.25) is 15.9 Å². The molecule has 32 heavy (non-hydrogen) atoms. The number of hydrogen-bond acceptors (Lipinski definition) is 7. The van der Waals surface area contributed by atoms with E-state index in [1.165, 1.54) is 4.31 Å². The highest BCUT2D eigenvalue weighted by molar-refractivity contribution is 7.89. The van der Waals surface area contributed by atoms with Crippen molar-refractivity contribution in [3.8, 4) is 5.75 Å². The number of sulfonamides is 1. The molecule has 0 N–H and O–H groups in total. The number of piperazine rings is 1. The molecule has 0 unspecified atom stereocenters. The first-order chi connectivity index (χ1) is 15.0. The molecule has 1 aliphatic heterocycles. The van der Waals surface area contributed by atoms with Gasteiger partial charge >= 0.3 is 0 Å². The van der Waals surface area contributed by atoms with E-state index in [1.54, 1.807) is 25.9 Å². The van der Waals surface area contributed by atoms with Gasteiger partial charge in [-0.15, -0.1) is 0 Å². The third-order valence-corrected chi connectivity index (χ3v) is 7.88. The first-order valence-electron chi connectivity index (χ1n) is 10.6. The second-order valence-corrected chi connectivity index (χ2v) is 10.2. The van der Waals surface area contributed by atoms with Crippen LogP contribution in [0.25, 0.3) is 0 Å². The topological polar surface area (TPSA) is 96.2 Å². The SMILES string of the molecule is COc1c(C)cc(CN(C)CC(=O)N2CCN(S(=O)(=O)c3c(C)noc3C)CC2)cc1C. The van der Waals surface area contributed by atoms with Crippen LogP contribution in [0.4, 0.5) is 0 Å². The number of aryl methyl sites for hydroxylation is 4. The molecule has 1 aromatic carbocycles. The number of nitrogens with zero attached hydrogens (tertiary/aromatic N) is 4. The van der Waals surface area contributed by atoms with Crippen molar-refractivity contribution in [2.75, 3.05) is 46.9 Å². The number of carbonyl (C=O) groups excluding carboxylic acids is 1. The predicted octanol–water partition coefficient (Wildman–Crippen LogP) is 1.88. The van der Waals surface area contributed by atoms with Gasteiger partial charge in [-0.3, -0.25) is 9.69 Å². The number of aromatic nitrogens is 1. The first-order valence-corrected chi connectivity index (χ1v) is 12.0. The minimum absolute atomic E-state index is 0.0103. The molecular formula is C22H32N4O5S. The summed E-state index contributed by atoms with van der Waals surface area (Å²) >= 11 is 0. The van der Waals surface area contributed by atoms with E-state index in [0.29, 0.717) is 25.3 Å². The van der Waals surface area contributed by atoms with E-state index < -0.39 is 10.0 Å². The Hall–Kier alpha value is -2.43. The Morgan fingerprint density at radius 2 is 1.72 bits per heavy atom. The molecule has 10 heteroatoms. The molecule has 1 aliphatic rings. The van der Waals surface area contributed by atoms with Crippen LogP contribution in [0.15, 0.2) is 21.6 Å². The zero-order chi connectivity index (χ0) is 23.6. The van der Waals surface area contributed by atoms with Crippen molar-refractivity contribution in [2.45, 2.75) is 39.1 Å². The molecule has 0 atom stereocenters. The number of likely N-dealkylation sites (N-methyl/N-ethyl adjacent to an activating group) is 1. The lowest BCUT2D eigenvalue weighted by Gasteiger charge is -2.34. The molecule has 0 radical (unpaired) electrons. The van der Waals surface area contributed by atoms with Crippen LogP contribution in [0, 0.1) is 27.7 Å². The molecule has 9 nitrogen and oxygen atoms in total. The summed E-state index contributed by atoms with van der Waals surface area (Å²) in [5, 5.41) is 3.75. The van der Waals surface area contributed by atoms with Gasteiger partial charge in [0, 0.05) is 32.7 Å². The highest BCUT2D eigenvalue weighted by atomic mass is 32.2. The summed E-state index contributed by atoms with van der Waals surface area (Å²) in [4.78, 5) is 16.6. The molecule has 1 aromatic heterocycles. The van der Waals surface area contributed by atoms with Crippen LogP contribution in [-0.4, -0.2) is 80.5 Å². The Labute approximate surface area is 190 Å². The van der Waals surface area contributed by atoms with Crippen molar-refractivity contribution in [1.82, 2.24) is 19.3 Å². The van der Waals surface area contributed by atoms with Crippen molar-refractivity contribution >= 4 is 15.9 Å². The minimum atomic E-state index is -3.69. The Morgan fingerprint density at radius 3 is 2.22 bits per heavy atom. The van der Waals surface area contributed by atoms with Crippen LogP contribution in [0.3, 0.4) is 0 Å². The van der Waals surface area contributed by atoms with Crippen molar-refractivity contribution in [3.05, 3.63) is 40.3 Å². The Bertz CT molecular complexity index is 1050. The van der Waals surface area contributed by atoms with Crippen LogP contribution < -0.4 is 4.74 Å². The zero-order valence-electron chi connectivity index (χ0n) is 19.6. The molecule has 0 spiro atoms. The van der Waals surface area contributed by atoms with Gasteiger partial charge in [0.25, 0.3) is 0 Å². The lowest BCUT2D eigenvalue weighted by molar-refractivity contribution is -0.133. The number of benzene rings is 1. The van der Waals surface area contributed by atoms with E-state index in [2.05, 4.69) is 17.3 Å². The van der Waals surface area contributed by atoms with E-state index in [1.807, 2.05) is 25.8 Å². The molecule has 3 rings (SSSR count). The number of amides is 1. The standard InChI is InChI=1S/C22H32N4O5S/c1-15-11-19(12-16(2)21(15)30-6)13-24(5)14-20(27)25-7-9-26(10-8-25)32(28,29)22-17(3)23-31-18(22)4/h11-12H,7-10,13-14H2,1-6H3. The van der Waals surface area contributed by atoms with E-state index in [9.17, 15) is 13.2 Å². The lowest BCUT2D eigenvalue weighted by Crippen LogP contribution is -2.52. The van der Waals surface area contributed by atoms with Gasteiger partial charge in [-0.25, -0.2) is 8.42 Å². The fraction of sp³-hybridized carbons (Fsp3) is 0.545. The average Bonchev–Trinajstić information content (AvgIpc) is 3.06. The molecule has 1 fully saturated rings. The average molecular weight is 465 g/mol. The van der Waals surface area contributed by atoms with Crippen LogP contribution in [-0.2, 0) is 21.4 Å². The normalized spacial score (nSPS) is 15.4. The van der Waals surface area contributed by atoms with Gasteiger partial charge in [-0.1, -0.05) is 17.3 Å². The van der Waals surface area contributed by atoms with Crippen molar-refractivity contribution < 1.29 is 22.5 Å². The van der Waals surface area contributed by atoms with E-state index in [4.69, 9.17) is 9.26 Å². The molecule has 0 aliphatic carbocycles. The number of methoxy groups -OCH3 is 1. The third-order valence-electron chi connectivity index (χ3n) is 5.74. The zero-order valence-corrected chi connectivity index (χ0v) is 20.5. The highest BCUT2D eigenvalue weighted by Crippen LogP contribution is 2.25. The summed E-state index contributed by atoms with van der Waals surface area (Å²) in [6.07, 6.45) is 0. The quantitative estimate of drug-likeness (QED) is 0.617. The number of ether oxygens (including phenoxy) is 1. The fourth-order valence-corrected chi connectivity index (χ4v) is 6.01. The van der Waals surface area contributed by atoms with Gasteiger partial charge in [-0.2, -0.15) is 4.31 Å². The van der Waals surface area contributed by atoms with Gasteiger partial charge < -0.3 is 14.2 Å². The molecule has 0 bridgehead atoms. The summed E-state index contributed by atoms with van der Waals surface area (Å²) in [6, 6.07) is 4.15. The Kier molecular flexibility index (Phi) is 7.26. The third kappa shape index (κ3) is 4.97. The van der Waals surface area contributed by atoms with Crippen LogP contribution >= 0.6 is 0 Å². The van der Waals surface area contributed by atoms with Crippen molar-refractivity contribution in [2.24, 2.45) is 0 Å². The molecule has 1 saturated heterocycles. The predicted molar refractivity (Wildman–Crippen MR) is 120 cm³/mol. The summed E-state index contributed by atoms with van der Waals surface area (Å²) in [7, 11) is -0.115. The Balaban J connectivity index is 1.57. The van der Waals surface area contributed by atoms with E-state index in [0.717, 1.165) is 22.4 Å². The van der Waals surface area contributed by atoms with Crippen molar-refractivity contribution in [1.29, 1.82) is 0 Å². The maximum atomic E-state index is 13.0. The summed E-state index contributed by atoms with van der Waals surface area (Å²) in [5.74, 6) is 1.16. The van der Waals surface area contributed by atoms with Crippen LogP contribution in [0.1, 0.15) is 28.1 Å². The van der Waals surface area contributed by atoms with Gasteiger partial charge in [0.1, 0.15) is 16.3 Å². The molecular weight excluding hydrogens is 432 g/mol. The maximum absolute atomic E-state index is 13.0. The number of carbonyl (C=O) groups is 1. The smallest absolute Gasteiger partial charge is 0.248 e. The molecule has 2 aromatic rings. The number of rotatable bonds is 7. The van der Waals surface area contributed by atoms with Crippen LogP contribution in [0.5, 0.6) is 5.75 Å². The largest absolute Gasteiger partial charge is 0.496 e. The second kappa shape index (κ2) is 9.60. The van der Waals surface area contributed by atoms with Gasteiger partial charge in [0.15, 0.2) is 5.76 Å². The second-order valence-electron chi connectivity index (χ2n) is 8.37. The highest BCUT2D eigenvalue weighted by Gasteiger charge is 2.34. The van der Waals surface area contributed by atoms with Crippen LogP contribution in [0.2, 0.25) is 0 Å². The molecule has 176 valence electrons. The summed E-state index contributed by atoms with van der Waals surface area (Å²) in [5.41, 5.74) is 3.61. The monoisotopic (exact) mass is 464 g/mol.